The van der Waals surface area contributed by atoms with E-state index in [2.05, 4.69) is 20.9 Å². The minimum Gasteiger partial charge on any atom is -0.459 e. The molecule has 0 aliphatic rings. The van der Waals surface area contributed by atoms with E-state index in [-0.39, 0.29) is 23.3 Å². The van der Waals surface area contributed by atoms with E-state index in [1.807, 2.05) is 30.3 Å². The van der Waals surface area contributed by atoms with Crippen LogP contribution in [0.4, 0.5) is 11.4 Å². The predicted molar refractivity (Wildman–Crippen MR) is 102 cm³/mol. The summed E-state index contributed by atoms with van der Waals surface area (Å²) in [5, 5.41) is 13.3. The number of carbonyl (C=O) groups excluding carboxylic acids is 2. The molecule has 138 valence electrons. The van der Waals surface area contributed by atoms with Gasteiger partial charge in [0, 0.05) is 11.4 Å². The molecular formula is C20H15N5O3. The highest BCUT2D eigenvalue weighted by Gasteiger charge is 2.12. The number of hydrogen-bond acceptors (Lipinski definition) is 5. The maximum absolute atomic E-state index is 12.4. The molecule has 2 N–H and O–H groups in total. The van der Waals surface area contributed by atoms with Gasteiger partial charge in [-0.3, -0.25) is 9.59 Å². The molecule has 2 heterocycles. The van der Waals surface area contributed by atoms with Crippen molar-refractivity contribution in [1.29, 1.82) is 0 Å². The van der Waals surface area contributed by atoms with Gasteiger partial charge < -0.3 is 15.1 Å². The van der Waals surface area contributed by atoms with E-state index >= 15 is 0 Å². The summed E-state index contributed by atoms with van der Waals surface area (Å²) in [5.74, 6) is -0.507. The summed E-state index contributed by atoms with van der Waals surface area (Å²) >= 11 is 0. The molecule has 2 aromatic carbocycles. The zero-order chi connectivity index (χ0) is 19.3. The number of para-hydroxylation sites is 1. The van der Waals surface area contributed by atoms with Crippen LogP contribution in [0.3, 0.4) is 0 Å². The van der Waals surface area contributed by atoms with Gasteiger partial charge in [-0.25, -0.2) is 4.68 Å². The topological polar surface area (TPSA) is 102 Å². The van der Waals surface area contributed by atoms with Gasteiger partial charge in [0.2, 0.25) is 0 Å². The van der Waals surface area contributed by atoms with Crippen molar-refractivity contribution in [3.8, 4) is 5.69 Å². The first-order valence-corrected chi connectivity index (χ1v) is 8.43. The fourth-order valence-corrected chi connectivity index (χ4v) is 2.51. The largest absolute Gasteiger partial charge is 0.459 e. The van der Waals surface area contributed by atoms with E-state index in [1.54, 1.807) is 42.6 Å². The van der Waals surface area contributed by atoms with Crippen molar-refractivity contribution in [3.05, 3.63) is 90.6 Å². The average Bonchev–Trinajstić information content (AvgIpc) is 3.42. The van der Waals surface area contributed by atoms with Crippen LogP contribution in [0.2, 0.25) is 0 Å². The number of carbonyl (C=O) groups is 2. The Morgan fingerprint density at radius 1 is 0.821 bits per heavy atom. The Hall–Kier alpha value is -4.20. The van der Waals surface area contributed by atoms with Gasteiger partial charge in [0.05, 0.1) is 18.1 Å². The third kappa shape index (κ3) is 3.80. The molecule has 0 aliphatic carbocycles. The SMILES string of the molecule is O=C(Nc1ccc(NC(=O)c2ccco2)cc1)c1cn(-c2ccccc2)nn1. The molecule has 0 unspecified atom stereocenters. The summed E-state index contributed by atoms with van der Waals surface area (Å²) in [5.41, 5.74) is 2.15. The van der Waals surface area contributed by atoms with Gasteiger partial charge in [-0.2, -0.15) is 0 Å². The van der Waals surface area contributed by atoms with Crippen LogP contribution in [0.25, 0.3) is 5.69 Å². The van der Waals surface area contributed by atoms with Gasteiger partial charge in [0.1, 0.15) is 0 Å². The first-order valence-electron chi connectivity index (χ1n) is 8.43. The van der Waals surface area contributed by atoms with Crippen molar-refractivity contribution < 1.29 is 14.0 Å². The Balaban J connectivity index is 1.40. The fourth-order valence-electron chi connectivity index (χ4n) is 2.51. The molecule has 2 aromatic heterocycles. The van der Waals surface area contributed by atoms with Gasteiger partial charge in [-0.15, -0.1) is 5.10 Å². The van der Waals surface area contributed by atoms with Gasteiger partial charge in [0.15, 0.2) is 11.5 Å². The summed E-state index contributed by atoms with van der Waals surface area (Å²) in [4.78, 5) is 24.3. The Labute approximate surface area is 159 Å². The second-order valence-electron chi connectivity index (χ2n) is 5.85. The van der Waals surface area contributed by atoms with E-state index in [9.17, 15) is 9.59 Å². The van der Waals surface area contributed by atoms with E-state index in [0.717, 1.165) is 5.69 Å². The molecule has 4 rings (SSSR count). The van der Waals surface area contributed by atoms with E-state index in [1.165, 1.54) is 10.9 Å². The minimum atomic E-state index is -0.380. The summed E-state index contributed by atoms with van der Waals surface area (Å²) < 4.78 is 6.57. The molecule has 0 radical (unpaired) electrons. The molecule has 2 amide bonds. The van der Waals surface area contributed by atoms with Crippen molar-refractivity contribution in [3.63, 3.8) is 0 Å². The highest BCUT2D eigenvalue weighted by molar-refractivity contribution is 6.04. The molecule has 8 heteroatoms. The average molecular weight is 373 g/mol. The van der Waals surface area contributed by atoms with E-state index in [4.69, 9.17) is 4.42 Å². The number of nitrogens with one attached hydrogen (secondary N) is 2. The lowest BCUT2D eigenvalue weighted by Crippen LogP contribution is -2.13. The Kier molecular flexibility index (Phi) is 4.67. The molecular weight excluding hydrogens is 358 g/mol. The van der Waals surface area contributed by atoms with Crippen LogP contribution in [0.1, 0.15) is 21.0 Å². The molecule has 0 atom stereocenters. The first kappa shape index (κ1) is 17.2. The normalized spacial score (nSPS) is 10.4. The third-order valence-corrected chi connectivity index (χ3v) is 3.89. The fraction of sp³-hybridized carbons (Fsp3) is 0. The number of nitrogens with zero attached hydrogens (tertiary/aromatic N) is 3. The minimum absolute atomic E-state index is 0.194. The monoisotopic (exact) mass is 373 g/mol. The van der Waals surface area contributed by atoms with Gasteiger partial charge >= 0.3 is 0 Å². The van der Waals surface area contributed by atoms with Crippen molar-refractivity contribution in [2.75, 3.05) is 10.6 Å². The van der Waals surface area contributed by atoms with Gasteiger partial charge in [-0.05, 0) is 48.5 Å². The predicted octanol–water partition coefficient (Wildman–Crippen LogP) is 3.36. The molecule has 0 bridgehead atoms. The summed E-state index contributed by atoms with van der Waals surface area (Å²) in [6.07, 6.45) is 2.99. The maximum Gasteiger partial charge on any atom is 0.291 e. The Morgan fingerprint density at radius 2 is 1.50 bits per heavy atom. The highest BCUT2D eigenvalue weighted by atomic mass is 16.3. The van der Waals surface area contributed by atoms with Gasteiger partial charge in [0.25, 0.3) is 11.8 Å². The Morgan fingerprint density at radius 3 is 2.14 bits per heavy atom. The van der Waals surface area contributed by atoms with Crippen molar-refractivity contribution in [2.24, 2.45) is 0 Å². The quantitative estimate of drug-likeness (QED) is 0.558. The number of aromatic nitrogens is 3. The number of anilines is 2. The number of hydrogen-bond donors (Lipinski definition) is 2. The second kappa shape index (κ2) is 7.58. The van der Waals surface area contributed by atoms with Crippen LogP contribution in [0.5, 0.6) is 0 Å². The number of amides is 2. The summed E-state index contributed by atoms with van der Waals surface area (Å²) in [7, 11) is 0. The second-order valence-corrected chi connectivity index (χ2v) is 5.85. The molecule has 8 nitrogen and oxygen atoms in total. The lowest BCUT2D eigenvalue weighted by Gasteiger charge is -2.06. The van der Waals surface area contributed by atoms with Crippen molar-refractivity contribution >= 4 is 23.2 Å². The maximum atomic E-state index is 12.4. The van der Waals surface area contributed by atoms with E-state index in [0.29, 0.717) is 11.4 Å². The molecule has 0 aliphatic heterocycles. The molecule has 0 fully saturated rings. The number of furan rings is 1. The lowest BCUT2D eigenvalue weighted by atomic mass is 10.2. The van der Waals surface area contributed by atoms with E-state index < -0.39 is 0 Å². The number of rotatable bonds is 5. The highest BCUT2D eigenvalue weighted by Crippen LogP contribution is 2.16. The van der Waals surface area contributed by atoms with Crippen LogP contribution >= 0.6 is 0 Å². The first-order chi connectivity index (χ1) is 13.7. The third-order valence-electron chi connectivity index (χ3n) is 3.89. The molecule has 4 aromatic rings. The standard InChI is InChI=1S/C20H15N5O3/c26-19(17-13-25(24-23-17)16-5-2-1-3-6-16)21-14-8-10-15(11-9-14)22-20(27)18-7-4-12-28-18/h1-13H,(H,21,26)(H,22,27). The lowest BCUT2D eigenvalue weighted by molar-refractivity contribution is 0.0994. The molecule has 28 heavy (non-hydrogen) atoms. The zero-order valence-electron chi connectivity index (χ0n) is 14.6. The smallest absolute Gasteiger partial charge is 0.291 e. The Bertz CT molecular complexity index is 1090. The number of benzene rings is 2. The van der Waals surface area contributed by atoms with Crippen LogP contribution < -0.4 is 10.6 Å². The zero-order valence-corrected chi connectivity index (χ0v) is 14.6. The van der Waals surface area contributed by atoms with Gasteiger partial charge in [-0.1, -0.05) is 23.4 Å². The van der Waals surface area contributed by atoms with Crippen molar-refractivity contribution in [2.45, 2.75) is 0 Å². The van der Waals surface area contributed by atoms with Crippen LogP contribution in [0.15, 0.2) is 83.6 Å². The molecule has 0 spiro atoms. The summed E-state index contributed by atoms with van der Waals surface area (Å²) in [6.45, 7) is 0. The summed E-state index contributed by atoms with van der Waals surface area (Å²) in [6, 6.07) is 19.3. The van der Waals surface area contributed by atoms with Crippen molar-refractivity contribution in [1.82, 2.24) is 15.0 Å². The van der Waals surface area contributed by atoms with Crippen LogP contribution in [0, 0.1) is 0 Å². The molecule has 0 saturated heterocycles. The van der Waals surface area contributed by atoms with Crippen LogP contribution in [-0.2, 0) is 0 Å². The molecule has 0 saturated carbocycles. The van der Waals surface area contributed by atoms with Crippen LogP contribution in [-0.4, -0.2) is 26.8 Å².